The first kappa shape index (κ1) is 12.9. The van der Waals surface area contributed by atoms with Gasteiger partial charge in [0.2, 0.25) is 0 Å². The highest BCUT2D eigenvalue weighted by atomic mass is 15.3. The average Bonchev–Trinajstić information content (AvgIpc) is 2.29. The SMILES string of the molecule is CCC(CNC)CN1CCN(CC)CC1. The second-order valence-electron chi connectivity index (χ2n) is 4.57. The van der Waals surface area contributed by atoms with Crippen LogP contribution in [0.1, 0.15) is 20.3 Å². The Morgan fingerprint density at radius 2 is 1.67 bits per heavy atom. The molecule has 3 heteroatoms. The molecule has 1 aliphatic rings. The molecule has 0 bridgehead atoms. The van der Waals surface area contributed by atoms with Crippen molar-refractivity contribution in [3.8, 4) is 0 Å². The predicted octanol–water partition coefficient (Wildman–Crippen LogP) is 0.870. The summed E-state index contributed by atoms with van der Waals surface area (Å²) in [5.74, 6) is 0.822. The first-order valence-corrected chi connectivity index (χ1v) is 6.39. The van der Waals surface area contributed by atoms with Gasteiger partial charge in [0, 0.05) is 32.7 Å². The van der Waals surface area contributed by atoms with Crippen LogP contribution in [0, 0.1) is 5.92 Å². The van der Waals surface area contributed by atoms with Crippen molar-refractivity contribution in [1.82, 2.24) is 15.1 Å². The second-order valence-corrected chi connectivity index (χ2v) is 4.57. The van der Waals surface area contributed by atoms with Crippen molar-refractivity contribution >= 4 is 0 Å². The van der Waals surface area contributed by atoms with Crippen molar-refractivity contribution in [2.24, 2.45) is 5.92 Å². The summed E-state index contributed by atoms with van der Waals surface area (Å²) in [5.41, 5.74) is 0. The van der Waals surface area contributed by atoms with Crippen LogP contribution in [0.4, 0.5) is 0 Å². The molecule has 1 aliphatic heterocycles. The normalized spacial score (nSPS) is 21.8. The molecular formula is C12H27N3. The van der Waals surface area contributed by atoms with Crippen molar-refractivity contribution in [2.75, 3.05) is 52.9 Å². The molecule has 1 saturated heterocycles. The Morgan fingerprint density at radius 3 is 2.13 bits per heavy atom. The Labute approximate surface area is 94.8 Å². The van der Waals surface area contributed by atoms with E-state index in [9.17, 15) is 0 Å². The van der Waals surface area contributed by atoms with Crippen LogP contribution in [0.2, 0.25) is 0 Å². The summed E-state index contributed by atoms with van der Waals surface area (Å²) in [5, 5.41) is 3.29. The molecule has 1 heterocycles. The first-order chi connectivity index (χ1) is 7.30. The highest BCUT2D eigenvalue weighted by Gasteiger charge is 2.17. The Morgan fingerprint density at radius 1 is 1.07 bits per heavy atom. The van der Waals surface area contributed by atoms with Crippen molar-refractivity contribution in [2.45, 2.75) is 20.3 Å². The summed E-state index contributed by atoms with van der Waals surface area (Å²) in [6.07, 6.45) is 1.29. The Bertz CT molecular complexity index is 153. The Balaban J connectivity index is 2.21. The number of piperazine rings is 1. The zero-order valence-corrected chi connectivity index (χ0v) is 10.6. The number of likely N-dealkylation sites (N-methyl/N-ethyl adjacent to an activating group) is 1. The maximum atomic E-state index is 3.29. The monoisotopic (exact) mass is 213 g/mol. The van der Waals surface area contributed by atoms with E-state index in [1.54, 1.807) is 0 Å². The van der Waals surface area contributed by atoms with E-state index < -0.39 is 0 Å². The zero-order chi connectivity index (χ0) is 11.1. The summed E-state index contributed by atoms with van der Waals surface area (Å²) in [4.78, 5) is 5.16. The largest absolute Gasteiger partial charge is 0.319 e. The zero-order valence-electron chi connectivity index (χ0n) is 10.6. The molecule has 0 spiro atoms. The van der Waals surface area contributed by atoms with Gasteiger partial charge < -0.3 is 15.1 Å². The lowest BCUT2D eigenvalue weighted by Crippen LogP contribution is -2.48. The molecule has 1 rings (SSSR count). The van der Waals surface area contributed by atoms with Gasteiger partial charge in [-0.25, -0.2) is 0 Å². The van der Waals surface area contributed by atoms with E-state index in [4.69, 9.17) is 0 Å². The molecule has 0 aromatic carbocycles. The van der Waals surface area contributed by atoms with E-state index in [1.165, 1.54) is 45.7 Å². The van der Waals surface area contributed by atoms with E-state index in [0.717, 1.165) is 12.5 Å². The average molecular weight is 213 g/mol. The molecular weight excluding hydrogens is 186 g/mol. The molecule has 1 atom stereocenters. The van der Waals surface area contributed by atoms with Gasteiger partial charge in [-0.2, -0.15) is 0 Å². The fourth-order valence-corrected chi connectivity index (χ4v) is 2.28. The van der Waals surface area contributed by atoms with Gasteiger partial charge in [0.05, 0.1) is 0 Å². The number of nitrogens with zero attached hydrogens (tertiary/aromatic N) is 2. The summed E-state index contributed by atoms with van der Waals surface area (Å²) in [7, 11) is 2.05. The highest BCUT2D eigenvalue weighted by Crippen LogP contribution is 2.07. The van der Waals surface area contributed by atoms with Crippen LogP contribution in [-0.4, -0.2) is 62.7 Å². The molecule has 90 valence electrons. The van der Waals surface area contributed by atoms with Crippen molar-refractivity contribution in [3.63, 3.8) is 0 Å². The molecule has 1 N–H and O–H groups in total. The van der Waals surface area contributed by atoms with Gasteiger partial charge in [-0.3, -0.25) is 0 Å². The summed E-state index contributed by atoms with van der Waals surface area (Å²) in [6, 6.07) is 0. The maximum Gasteiger partial charge on any atom is 0.0110 e. The summed E-state index contributed by atoms with van der Waals surface area (Å²) in [6.45, 7) is 13.2. The fourth-order valence-electron chi connectivity index (χ4n) is 2.28. The minimum absolute atomic E-state index is 0.822. The number of hydrogen-bond acceptors (Lipinski definition) is 3. The van der Waals surface area contributed by atoms with Gasteiger partial charge in [0.15, 0.2) is 0 Å². The van der Waals surface area contributed by atoms with Gasteiger partial charge in [0.25, 0.3) is 0 Å². The van der Waals surface area contributed by atoms with Crippen LogP contribution in [-0.2, 0) is 0 Å². The molecule has 0 aromatic rings. The van der Waals surface area contributed by atoms with Crippen LogP contribution >= 0.6 is 0 Å². The number of hydrogen-bond donors (Lipinski definition) is 1. The quantitative estimate of drug-likeness (QED) is 0.706. The fraction of sp³-hybridized carbons (Fsp3) is 1.00. The van der Waals surface area contributed by atoms with E-state index in [2.05, 4.69) is 36.0 Å². The lowest BCUT2D eigenvalue weighted by atomic mass is 10.1. The third kappa shape index (κ3) is 4.49. The molecule has 1 fully saturated rings. The number of nitrogens with one attached hydrogen (secondary N) is 1. The lowest BCUT2D eigenvalue weighted by Gasteiger charge is -2.35. The van der Waals surface area contributed by atoms with Crippen LogP contribution in [0.5, 0.6) is 0 Å². The summed E-state index contributed by atoms with van der Waals surface area (Å²) >= 11 is 0. The Kier molecular flexibility index (Phi) is 6.22. The first-order valence-electron chi connectivity index (χ1n) is 6.39. The molecule has 3 nitrogen and oxygen atoms in total. The third-order valence-corrected chi connectivity index (χ3v) is 3.50. The predicted molar refractivity (Wildman–Crippen MR) is 66.3 cm³/mol. The summed E-state index contributed by atoms with van der Waals surface area (Å²) < 4.78 is 0. The molecule has 0 saturated carbocycles. The van der Waals surface area contributed by atoms with Crippen molar-refractivity contribution < 1.29 is 0 Å². The smallest absolute Gasteiger partial charge is 0.0110 e. The Hall–Kier alpha value is -0.120. The van der Waals surface area contributed by atoms with Crippen LogP contribution < -0.4 is 5.32 Å². The molecule has 15 heavy (non-hydrogen) atoms. The number of rotatable bonds is 6. The van der Waals surface area contributed by atoms with E-state index in [0.29, 0.717) is 0 Å². The molecule has 0 aliphatic carbocycles. The standard InChI is InChI=1S/C12H27N3/c1-4-12(10-13-3)11-15-8-6-14(5-2)7-9-15/h12-13H,4-11H2,1-3H3. The molecule has 0 amide bonds. The van der Waals surface area contributed by atoms with E-state index >= 15 is 0 Å². The molecule has 1 unspecified atom stereocenters. The van der Waals surface area contributed by atoms with Gasteiger partial charge in [-0.05, 0) is 26.1 Å². The minimum atomic E-state index is 0.822. The van der Waals surface area contributed by atoms with Gasteiger partial charge >= 0.3 is 0 Å². The van der Waals surface area contributed by atoms with Gasteiger partial charge in [-0.15, -0.1) is 0 Å². The molecule has 0 aromatic heterocycles. The van der Waals surface area contributed by atoms with Crippen LogP contribution in [0.15, 0.2) is 0 Å². The topological polar surface area (TPSA) is 18.5 Å². The van der Waals surface area contributed by atoms with Crippen LogP contribution in [0.25, 0.3) is 0 Å². The van der Waals surface area contributed by atoms with Gasteiger partial charge in [0.1, 0.15) is 0 Å². The molecule has 0 radical (unpaired) electrons. The maximum absolute atomic E-state index is 3.29. The minimum Gasteiger partial charge on any atom is -0.319 e. The van der Waals surface area contributed by atoms with E-state index in [1.807, 2.05) is 0 Å². The van der Waals surface area contributed by atoms with Crippen molar-refractivity contribution in [3.05, 3.63) is 0 Å². The highest BCUT2D eigenvalue weighted by molar-refractivity contribution is 4.74. The van der Waals surface area contributed by atoms with Crippen LogP contribution in [0.3, 0.4) is 0 Å². The lowest BCUT2D eigenvalue weighted by molar-refractivity contribution is 0.121. The van der Waals surface area contributed by atoms with E-state index in [-0.39, 0.29) is 0 Å². The third-order valence-electron chi connectivity index (χ3n) is 3.50. The van der Waals surface area contributed by atoms with Gasteiger partial charge in [-0.1, -0.05) is 20.3 Å². The second kappa shape index (κ2) is 7.20. The van der Waals surface area contributed by atoms with Crippen molar-refractivity contribution in [1.29, 1.82) is 0 Å².